The second-order valence-electron chi connectivity index (χ2n) is 7.08. The van der Waals surface area contributed by atoms with Crippen LogP contribution in [0.15, 0.2) is 24.3 Å². The van der Waals surface area contributed by atoms with Gasteiger partial charge in [0.2, 0.25) is 0 Å². The van der Waals surface area contributed by atoms with Crippen LogP contribution in [0.1, 0.15) is 32.1 Å². The zero-order valence-corrected chi connectivity index (χ0v) is 16.5. The minimum Gasteiger partial charge on any atom is -0.491 e. The van der Waals surface area contributed by atoms with E-state index in [1.165, 1.54) is 31.2 Å². The van der Waals surface area contributed by atoms with Crippen LogP contribution in [-0.2, 0) is 4.79 Å². The molecule has 3 rings (SSSR count). The van der Waals surface area contributed by atoms with Crippen molar-refractivity contribution in [3.05, 3.63) is 35.9 Å². The number of nitrogens with zero attached hydrogens (tertiary/aromatic N) is 2. The van der Waals surface area contributed by atoms with E-state index in [0.717, 1.165) is 19.3 Å². The van der Waals surface area contributed by atoms with Crippen LogP contribution in [0.25, 0.3) is 11.3 Å². The Balaban J connectivity index is 1.84. The van der Waals surface area contributed by atoms with Crippen molar-refractivity contribution in [1.29, 1.82) is 0 Å². The van der Waals surface area contributed by atoms with Gasteiger partial charge in [0, 0.05) is 25.6 Å². The molecule has 8 heteroatoms. The monoisotopic (exact) mass is 406 g/mol. The lowest BCUT2D eigenvalue weighted by molar-refractivity contribution is -0.137. The highest BCUT2D eigenvalue weighted by Gasteiger charge is 2.23. The van der Waals surface area contributed by atoms with Crippen LogP contribution in [0.5, 0.6) is 11.6 Å². The first-order valence-electron chi connectivity index (χ1n) is 9.53. The average molecular weight is 406 g/mol. The van der Waals surface area contributed by atoms with E-state index in [0.29, 0.717) is 17.3 Å². The van der Waals surface area contributed by atoms with Crippen molar-refractivity contribution in [1.82, 2.24) is 4.98 Å². The molecule has 1 aliphatic carbocycles. The molecule has 0 aliphatic heterocycles. The zero-order valence-electron chi connectivity index (χ0n) is 16.5. The van der Waals surface area contributed by atoms with E-state index in [1.807, 2.05) is 0 Å². The number of aliphatic carboxylic acids is 1. The number of rotatable bonds is 9. The molecule has 1 aromatic carbocycles. The van der Waals surface area contributed by atoms with E-state index in [9.17, 15) is 13.6 Å². The third kappa shape index (κ3) is 4.93. The molecular formula is C21H24F2N2O4. The molecule has 1 N–H and O–H groups in total. The fourth-order valence-corrected chi connectivity index (χ4v) is 3.13. The number of halogens is 2. The molecule has 6 nitrogen and oxygen atoms in total. The molecule has 0 atom stereocenters. The first-order chi connectivity index (χ1) is 13.9. The first-order valence-corrected chi connectivity index (χ1v) is 9.53. The van der Waals surface area contributed by atoms with E-state index in [1.54, 1.807) is 12.1 Å². The van der Waals surface area contributed by atoms with Gasteiger partial charge < -0.3 is 19.5 Å². The van der Waals surface area contributed by atoms with Gasteiger partial charge in [-0.25, -0.2) is 13.8 Å². The van der Waals surface area contributed by atoms with Crippen LogP contribution >= 0.6 is 0 Å². The van der Waals surface area contributed by atoms with Crippen molar-refractivity contribution < 1.29 is 28.2 Å². The lowest BCUT2D eigenvalue weighted by Gasteiger charge is -2.26. The van der Waals surface area contributed by atoms with Crippen molar-refractivity contribution in [2.24, 2.45) is 0 Å². The second kappa shape index (κ2) is 9.07. The Kier molecular flexibility index (Phi) is 6.51. The lowest BCUT2D eigenvalue weighted by atomic mass is 9.96. The number of carbonyl (C=O) groups is 1. The number of ether oxygens (including phenoxy) is 2. The van der Waals surface area contributed by atoms with Crippen LogP contribution in [0.2, 0.25) is 0 Å². The molecule has 29 heavy (non-hydrogen) atoms. The maximum Gasteiger partial charge on any atom is 0.303 e. The van der Waals surface area contributed by atoms with Crippen LogP contribution in [-0.4, -0.2) is 42.9 Å². The Hall–Kier alpha value is -2.90. The Labute approximate surface area is 168 Å². The summed E-state index contributed by atoms with van der Waals surface area (Å²) in [6, 6.07) is 5.72. The smallest absolute Gasteiger partial charge is 0.303 e. The summed E-state index contributed by atoms with van der Waals surface area (Å²) in [6.45, 7) is 0.222. The highest BCUT2D eigenvalue weighted by Crippen LogP contribution is 2.34. The third-order valence-corrected chi connectivity index (χ3v) is 4.95. The Morgan fingerprint density at radius 3 is 2.52 bits per heavy atom. The van der Waals surface area contributed by atoms with Gasteiger partial charge in [0.25, 0.3) is 5.88 Å². The van der Waals surface area contributed by atoms with Crippen LogP contribution in [0.3, 0.4) is 0 Å². The standard InChI is InChI=1S/C21H24F2N2O4/c1-25(10-4-7-19(26)27)20-15(22)11-13(12-16(20)23)17-8-9-18(28-2)21(24-17)29-14-5-3-6-14/h8-9,11-12,14H,3-7,10H2,1-2H3,(H,26,27). The molecule has 0 radical (unpaired) electrons. The number of aromatic nitrogens is 1. The fraction of sp³-hybridized carbons (Fsp3) is 0.429. The molecule has 156 valence electrons. The Morgan fingerprint density at radius 1 is 1.28 bits per heavy atom. The maximum atomic E-state index is 14.7. The summed E-state index contributed by atoms with van der Waals surface area (Å²) < 4.78 is 40.5. The van der Waals surface area contributed by atoms with E-state index < -0.39 is 17.6 Å². The van der Waals surface area contributed by atoms with Crippen molar-refractivity contribution in [2.45, 2.75) is 38.2 Å². The highest BCUT2D eigenvalue weighted by atomic mass is 19.1. The van der Waals surface area contributed by atoms with Crippen LogP contribution in [0.4, 0.5) is 14.5 Å². The molecule has 0 unspecified atom stereocenters. The number of carboxylic acids is 1. The number of methoxy groups -OCH3 is 1. The second-order valence-corrected chi connectivity index (χ2v) is 7.08. The van der Waals surface area contributed by atoms with Gasteiger partial charge >= 0.3 is 5.97 Å². The first kappa shape index (κ1) is 20.8. The van der Waals surface area contributed by atoms with Crippen LogP contribution in [0, 0.1) is 11.6 Å². The van der Waals surface area contributed by atoms with E-state index in [-0.39, 0.29) is 36.7 Å². The number of pyridine rings is 1. The normalized spacial score (nSPS) is 13.7. The van der Waals surface area contributed by atoms with Gasteiger partial charge in [-0.1, -0.05) is 0 Å². The van der Waals surface area contributed by atoms with Gasteiger partial charge in [-0.05, 0) is 49.9 Å². The number of benzene rings is 1. The summed E-state index contributed by atoms with van der Waals surface area (Å²) >= 11 is 0. The van der Waals surface area contributed by atoms with Gasteiger partial charge in [0.05, 0.1) is 12.8 Å². The van der Waals surface area contributed by atoms with Gasteiger partial charge in [0.1, 0.15) is 23.4 Å². The predicted molar refractivity (Wildman–Crippen MR) is 105 cm³/mol. The Morgan fingerprint density at radius 2 is 1.97 bits per heavy atom. The van der Waals surface area contributed by atoms with E-state index in [4.69, 9.17) is 14.6 Å². The van der Waals surface area contributed by atoms with E-state index >= 15 is 0 Å². The van der Waals surface area contributed by atoms with Gasteiger partial charge in [-0.2, -0.15) is 0 Å². The molecule has 0 bridgehead atoms. The quantitative estimate of drug-likeness (QED) is 0.671. The lowest BCUT2D eigenvalue weighted by Crippen LogP contribution is -2.25. The largest absolute Gasteiger partial charge is 0.491 e. The van der Waals surface area contributed by atoms with E-state index in [2.05, 4.69) is 4.98 Å². The SMILES string of the molecule is COc1ccc(-c2cc(F)c(N(C)CCCC(=O)O)c(F)c2)nc1OC1CCC1. The minimum atomic E-state index is -0.944. The fourth-order valence-electron chi connectivity index (χ4n) is 3.13. The molecule has 0 amide bonds. The summed E-state index contributed by atoms with van der Waals surface area (Å²) in [5.41, 5.74) is 0.459. The number of carboxylic acid groups (broad SMARTS) is 1. The minimum absolute atomic E-state index is 0.0643. The average Bonchev–Trinajstić information content (AvgIpc) is 2.63. The number of hydrogen-bond acceptors (Lipinski definition) is 5. The molecule has 1 fully saturated rings. The molecule has 1 saturated carbocycles. The third-order valence-electron chi connectivity index (χ3n) is 4.95. The number of hydrogen-bond donors (Lipinski definition) is 1. The summed E-state index contributed by atoms with van der Waals surface area (Å²) in [6.07, 6.45) is 3.30. The molecule has 2 aromatic rings. The molecule has 1 aliphatic rings. The van der Waals surface area contributed by atoms with Gasteiger partial charge in [0.15, 0.2) is 5.75 Å². The predicted octanol–water partition coefficient (Wildman–Crippen LogP) is 4.27. The van der Waals surface area contributed by atoms with Gasteiger partial charge in [-0.15, -0.1) is 0 Å². The summed E-state index contributed by atoms with van der Waals surface area (Å²) in [7, 11) is 3.04. The molecule has 1 heterocycles. The summed E-state index contributed by atoms with van der Waals surface area (Å²) in [5, 5.41) is 8.71. The molecular weight excluding hydrogens is 382 g/mol. The Bertz CT molecular complexity index is 864. The summed E-state index contributed by atoms with van der Waals surface area (Å²) in [5.74, 6) is -1.64. The summed E-state index contributed by atoms with van der Waals surface area (Å²) in [4.78, 5) is 16.4. The topological polar surface area (TPSA) is 71.9 Å². The van der Waals surface area contributed by atoms with Crippen molar-refractivity contribution in [3.63, 3.8) is 0 Å². The molecule has 0 saturated heterocycles. The zero-order chi connectivity index (χ0) is 21.0. The van der Waals surface area contributed by atoms with Crippen LogP contribution < -0.4 is 14.4 Å². The number of anilines is 1. The van der Waals surface area contributed by atoms with Crippen molar-refractivity contribution in [3.8, 4) is 22.9 Å². The highest BCUT2D eigenvalue weighted by molar-refractivity contribution is 5.67. The maximum absolute atomic E-state index is 14.7. The van der Waals surface area contributed by atoms with Gasteiger partial charge in [-0.3, -0.25) is 4.79 Å². The molecule has 0 spiro atoms. The van der Waals surface area contributed by atoms with Crippen molar-refractivity contribution >= 4 is 11.7 Å². The molecule has 1 aromatic heterocycles. The van der Waals surface area contributed by atoms with Crippen molar-refractivity contribution in [2.75, 3.05) is 25.6 Å².